The topological polar surface area (TPSA) is 92.7 Å². The number of nitrogens with one attached hydrogen (secondary N) is 1. The molecule has 0 bridgehead atoms. The van der Waals surface area contributed by atoms with E-state index in [9.17, 15) is 14.4 Å². The minimum absolute atomic E-state index is 0.00480. The molecular weight excluding hydrogens is 574 g/mol. The van der Waals surface area contributed by atoms with Crippen LogP contribution in [-0.2, 0) is 19.1 Å². The Kier molecular flexibility index (Phi) is 34.1. The number of amides is 1. The minimum atomic E-state index is -1.02. The van der Waals surface area contributed by atoms with E-state index < -0.39 is 5.97 Å². The Hall–Kier alpha value is -2.11. The minimum Gasteiger partial charge on any atom is -0.480 e. The van der Waals surface area contributed by atoms with E-state index in [1.807, 2.05) is 0 Å². The predicted octanol–water partition coefficient (Wildman–Crippen LogP) is 11.6. The lowest BCUT2D eigenvalue weighted by molar-refractivity contribution is -0.150. The van der Waals surface area contributed by atoms with Crippen LogP contribution in [0, 0.1) is 0 Å². The fourth-order valence-corrected chi connectivity index (χ4v) is 5.72. The molecule has 1 atom stereocenters. The van der Waals surface area contributed by atoms with Crippen molar-refractivity contribution in [1.29, 1.82) is 0 Å². The Morgan fingerprint density at radius 1 is 0.565 bits per heavy atom. The smallest absolute Gasteiger partial charge is 0.322 e. The number of rotatable bonds is 35. The van der Waals surface area contributed by atoms with Crippen LogP contribution in [0.25, 0.3) is 0 Å². The van der Waals surface area contributed by atoms with E-state index in [0.717, 1.165) is 64.2 Å². The number of ether oxygens (including phenoxy) is 1. The second-order valence-electron chi connectivity index (χ2n) is 13.2. The average molecular weight is 648 g/mol. The number of hydrogen-bond donors (Lipinski definition) is 2. The van der Waals surface area contributed by atoms with Crippen molar-refractivity contribution in [1.82, 2.24) is 5.32 Å². The first-order chi connectivity index (χ1) is 22.5. The third-order valence-electron chi connectivity index (χ3n) is 8.63. The number of allylic oxidation sites excluding steroid dienone is 4. The summed E-state index contributed by atoms with van der Waals surface area (Å²) in [7, 11) is 0. The summed E-state index contributed by atoms with van der Waals surface area (Å²) in [5.41, 5.74) is 0. The Bertz CT molecular complexity index is 763. The van der Waals surface area contributed by atoms with Gasteiger partial charge in [-0.3, -0.25) is 14.4 Å². The lowest BCUT2D eigenvalue weighted by Gasteiger charge is -2.18. The molecule has 0 saturated carbocycles. The summed E-state index contributed by atoms with van der Waals surface area (Å²) in [6.45, 7) is 4.16. The summed E-state index contributed by atoms with van der Waals surface area (Å²) in [6, 6.07) is 0. The standard InChI is InChI=1S/C40H73NO5/c1-3-5-7-9-11-12-13-14-15-16-17-18-19-20-21-22-23-25-31-35-40(45)46-37(32-28-24-10-8-6-4-2)33-29-26-27-30-34-38(42)41-36-39(43)44/h11-12,14-15,37H,3-10,13,16-36H2,1-2H3,(H,41,42)(H,43,44)/b12-11-,15-14-. The molecule has 1 unspecified atom stereocenters. The summed E-state index contributed by atoms with van der Waals surface area (Å²) in [5, 5.41) is 11.1. The van der Waals surface area contributed by atoms with Gasteiger partial charge >= 0.3 is 11.9 Å². The van der Waals surface area contributed by atoms with Gasteiger partial charge < -0.3 is 15.2 Å². The highest BCUT2D eigenvalue weighted by Gasteiger charge is 2.14. The molecule has 0 rings (SSSR count). The second kappa shape index (κ2) is 35.7. The van der Waals surface area contributed by atoms with Gasteiger partial charge in [0.25, 0.3) is 0 Å². The van der Waals surface area contributed by atoms with Crippen molar-refractivity contribution in [2.45, 2.75) is 206 Å². The number of aliphatic carboxylic acids is 1. The Morgan fingerprint density at radius 2 is 1.00 bits per heavy atom. The molecule has 2 N–H and O–H groups in total. The Balaban J connectivity index is 3.93. The number of carboxylic acids is 1. The van der Waals surface area contributed by atoms with Crippen molar-refractivity contribution < 1.29 is 24.2 Å². The van der Waals surface area contributed by atoms with Gasteiger partial charge in [-0.05, 0) is 70.6 Å². The van der Waals surface area contributed by atoms with Crippen molar-refractivity contribution in [2.24, 2.45) is 0 Å². The van der Waals surface area contributed by atoms with Crippen LogP contribution >= 0.6 is 0 Å². The van der Waals surface area contributed by atoms with Crippen LogP contribution in [0.5, 0.6) is 0 Å². The molecule has 0 fully saturated rings. The monoisotopic (exact) mass is 648 g/mol. The maximum absolute atomic E-state index is 12.6. The molecule has 0 heterocycles. The summed E-state index contributed by atoms with van der Waals surface area (Å²) >= 11 is 0. The normalized spacial score (nSPS) is 12.2. The van der Waals surface area contributed by atoms with E-state index in [1.165, 1.54) is 109 Å². The molecule has 0 radical (unpaired) electrons. The van der Waals surface area contributed by atoms with Gasteiger partial charge in [-0.2, -0.15) is 0 Å². The van der Waals surface area contributed by atoms with Gasteiger partial charge in [0.05, 0.1) is 0 Å². The maximum Gasteiger partial charge on any atom is 0.322 e. The number of carboxylic acid groups (broad SMARTS) is 1. The van der Waals surface area contributed by atoms with Gasteiger partial charge in [-0.25, -0.2) is 0 Å². The van der Waals surface area contributed by atoms with Crippen LogP contribution in [0.1, 0.15) is 200 Å². The Labute approximate surface area is 284 Å². The highest BCUT2D eigenvalue weighted by atomic mass is 16.5. The molecule has 0 aliphatic carbocycles. The zero-order chi connectivity index (χ0) is 33.8. The zero-order valence-corrected chi connectivity index (χ0v) is 30.2. The molecule has 0 aliphatic rings. The molecular formula is C40H73NO5. The second-order valence-corrected chi connectivity index (χ2v) is 13.2. The number of carbonyl (C=O) groups excluding carboxylic acids is 2. The van der Waals surface area contributed by atoms with Gasteiger partial charge in [0.2, 0.25) is 5.91 Å². The maximum atomic E-state index is 12.6. The van der Waals surface area contributed by atoms with E-state index in [2.05, 4.69) is 43.5 Å². The molecule has 46 heavy (non-hydrogen) atoms. The van der Waals surface area contributed by atoms with Crippen LogP contribution in [0.3, 0.4) is 0 Å². The highest BCUT2D eigenvalue weighted by Crippen LogP contribution is 2.18. The first-order valence-corrected chi connectivity index (χ1v) is 19.5. The van der Waals surface area contributed by atoms with E-state index in [4.69, 9.17) is 9.84 Å². The lowest BCUT2D eigenvalue weighted by Crippen LogP contribution is -2.28. The van der Waals surface area contributed by atoms with Crippen LogP contribution in [0.4, 0.5) is 0 Å². The van der Waals surface area contributed by atoms with E-state index in [-0.39, 0.29) is 24.5 Å². The summed E-state index contributed by atoms with van der Waals surface area (Å²) in [6.07, 6.45) is 41.6. The van der Waals surface area contributed by atoms with Crippen LogP contribution in [-0.4, -0.2) is 35.6 Å². The first-order valence-electron chi connectivity index (χ1n) is 19.5. The summed E-state index contributed by atoms with van der Waals surface area (Å²) in [5.74, 6) is -1.27. The van der Waals surface area contributed by atoms with Crippen molar-refractivity contribution in [3.05, 3.63) is 24.3 Å². The largest absolute Gasteiger partial charge is 0.480 e. The highest BCUT2D eigenvalue weighted by molar-refractivity contribution is 5.80. The molecule has 0 spiro atoms. The molecule has 1 amide bonds. The van der Waals surface area contributed by atoms with Gasteiger partial charge in [0, 0.05) is 12.8 Å². The van der Waals surface area contributed by atoms with Crippen LogP contribution in [0.2, 0.25) is 0 Å². The summed E-state index contributed by atoms with van der Waals surface area (Å²) < 4.78 is 5.95. The van der Waals surface area contributed by atoms with E-state index in [0.29, 0.717) is 12.8 Å². The quantitative estimate of drug-likeness (QED) is 0.0405. The van der Waals surface area contributed by atoms with Crippen LogP contribution < -0.4 is 5.32 Å². The van der Waals surface area contributed by atoms with Gasteiger partial charge in [0.15, 0.2) is 0 Å². The van der Waals surface area contributed by atoms with Crippen molar-refractivity contribution in [3.63, 3.8) is 0 Å². The van der Waals surface area contributed by atoms with Gasteiger partial charge in [-0.1, -0.05) is 141 Å². The third-order valence-corrected chi connectivity index (χ3v) is 8.63. The van der Waals surface area contributed by atoms with Crippen LogP contribution in [0.15, 0.2) is 24.3 Å². The molecule has 268 valence electrons. The zero-order valence-electron chi connectivity index (χ0n) is 30.2. The average Bonchev–Trinajstić information content (AvgIpc) is 3.04. The number of carbonyl (C=O) groups is 3. The molecule has 0 aromatic heterocycles. The summed E-state index contributed by atoms with van der Waals surface area (Å²) in [4.78, 5) is 34.8. The fourth-order valence-electron chi connectivity index (χ4n) is 5.72. The molecule has 0 aromatic carbocycles. The molecule has 0 aromatic rings. The molecule has 6 nitrogen and oxygen atoms in total. The first kappa shape index (κ1) is 43.9. The number of esters is 1. The van der Waals surface area contributed by atoms with Gasteiger partial charge in [-0.15, -0.1) is 0 Å². The molecule has 0 aliphatic heterocycles. The SMILES string of the molecule is CCCCC/C=C\C/C=C\CCCCCCCCCCCC(=O)OC(CCCCCCCC)CCCCCCC(=O)NCC(=O)O. The van der Waals surface area contributed by atoms with E-state index >= 15 is 0 Å². The molecule has 6 heteroatoms. The van der Waals surface area contributed by atoms with Gasteiger partial charge in [0.1, 0.15) is 12.6 Å². The number of unbranched alkanes of at least 4 members (excludes halogenated alkanes) is 20. The van der Waals surface area contributed by atoms with E-state index in [1.54, 1.807) is 0 Å². The van der Waals surface area contributed by atoms with Crippen molar-refractivity contribution in [2.75, 3.05) is 6.54 Å². The molecule has 0 saturated heterocycles. The van der Waals surface area contributed by atoms with Crippen molar-refractivity contribution in [3.8, 4) is 0 Å². The predicted molar refractivity (Wildman–Crippen MR) is 194 cm³/mol. The lowest BCUT2D eigenvalue weighted by atomic mass is 10.0. The number of hydrogen-bond acceptors (Lipinski definition) is 4. The van der Waals surface area contributed by atoms with Crippen molar-refractivity contribution >= 4 is 17.8 Å². The fraction of sp³-hybridized carbons (Fsp3) is 0.825. The third kappa shape index (κ3) is 34.8. The Morgan fingerprint density at radius 3 is 1.54 bits per heavy atom.